The first-order valence-corrected chi connectivity index (χ1v) is 3.92. The molecule has 0 saturated heterocycles. The number of hydrogen-bond donors (Lipinski definition) is 2. The van der Waals surface area contributed by atoms with Crippen LogP contribution in [0.25, 0.3) is 0 Å². The molecule has 0 heterocycles. The first-order chi connectivity index (χ1) is 3.98. The van der Waals surface area contributed by atoms with Gasteiger partial charge in [-0.15, -0.1) is 0 Å². The third-order valence-electron chi connectivity index (χ3n) is 0.837. The summed E-state index contributed by atoms with van der Waals surface area (Å²) in [6, 6.07) is 0. The van der Waals surface area contributed by atoms with Crippen molar-refractivity contribution < 1.29 is 10.0 Å². The van der Waals surface area contributed by atoms with Crippen molar-refractivity contribution in [2.75, 3.05) is 0 Å². The predicted octanol–water partition coefficient (Wildman–Crippen LogP) is 1.70. The van der Waals surface area contributed by atoms with E-state index in [-0.39, 0.29) is 9.53 Å². The highest BCUT2D eigenvalue weighted by Gasteiger charge is 2.22. The smallest absolute Gasteiger partial charge is 0.137 e. The third-order valence-corrected chi connectivity index (χ3v) is 2.96. The lowest BCUT2D eigenvalue weighted by atomic mass is 9.99. The molecule has 0 aliphatic carbocycles. The maximum atomic E-state index is 8.12. The van der Waals surface area contributed by atoms with Gasteiger partial charge in [0.15, 0.2) is 0 Å². The van der Waals surface area contributed by atoms with Crippen molar-refractivity contribution in [2.24, 2.45) is 5.41 Å². The van der Waals surface area contributed by atoms with Gasteiger partial charge in [-0.3, -0.25) is 10.0 Å². The Labute approximate surface area is 68.8 Å². The zero-order valence-electron chi connectivity index (χ0n) is 5.81. The molecule has 2 N–H and O–H groups in total. The van der Waals surface area contributed by atoms with Crippen LogP contribution < -0.4 is 5.64 Å². The second-order valence-corrected chi connectivity index (χ2v) is 4.02. The van der Waals surface area contributed by atoms with E-state index in [9.17, 15) is 0 Å². The van der Waals surface area contributed by atoms with Crippen LogP contribution >= 0.6 is 22.6 Å². The lowest BCUT2D eigenvalue weighted by Gasteiger charge is -2.23. The maximum absolute atomic E-state index is 8.12. The summed E-state index contributed by atoms with van der Waals surface area (Å²) in [5, 5.41) is 8.12. The molecule has 1 unspecified atom stereocenters. The quantitative estimate of drug-likeness (QED) is 0.442. The van der Waals surface area contributed by atoms with Gasteiger partial charge in [-0.2, -0.15) is 0 Å². The largest absolute Gasteiger partial charge is 0.292 e. The van der Waals surface area contributed by atoms with Crippen molar-refractivity contribution in [2.45, 2.75) is 24.9 Å². The van der Waals surface area contributed by atoms with Crippen LogP contribution in [0.3, 0.4) is 0 Å². The molecule has 0 aromatic rings. The molecule has 4 heteroatoms. The Morgan fingerprint density at radius 3 is 2.11 bits per heavy atom. The van der Waals surface area contributed by atoms with Crippen molar-refractivity contribution in [3.63, 3.8) is 0 Å². The topological polar surface area (TPSA) is 41.5 Å². The van der Waals surface area contributed by atoms with Crippen molar-refractivity contribution in [1.29, 1.82) is 0 Å². The first kappa shape index (κ1) is 9.61. The Morgan fingerprint density at radius 2 is 2.00 bits per heavy atom. The van der Waals surface area contributed by atoms with Gasteiger partial charge in [0.1, 0.15) is 4.11 Å². The van der Waals surface area contributed by atoms with E-state index >= 15 is 0 Å². The van der Waals surface area contributed by atoms with Crippen LogP contribution in [0.5, 0.6) is 0 Å². The van der Waals surface area contributed by atoms with E-state index in [2.05, 4.69) is 22.6 Å². The Hall–Kier alpha value is 0.610. The van der Waals surface area contributed by atoms with Crippen LogP contribution in [0.2, 0.25) is 0 Å². The van der Waals surface area contributed by atoms with Crippen LogP contribution in [0.1, 0.15) is 20.8 Å². The Kier molecular flexibility index (Phi) is 3.95. The molecule has 56 valence electrons. The molecule has 0 fully saturated rings. The van der Waals surface area contributed by atoms with Gasteiger partial charge in [0, 0.05) is 0 Å². The zero-order valence-corrected chi connectivity index (χ0v) is 7.97. The summed E-state index contributed by atoms with van der Waals surface area (Å²) in [7, 11) is 0. The minimum absolute atomic E-state index is 0.0277. The molecule has 1 atom stereocenters. The van der Waals surface area contributed by atoms with E-state index in [1.165, 1.54) is 0 Å². The summed E-state index contributed by atoms with van der Waals surface area (Å²) in [5.74, 6) is 0. The molecular weight excluding hydrogens is 233 g/mol. The van der Waals surface area contributed by atoms with Gasteiger partial charge in [-0.05, 0) is 28.0 Å². The van der Waals surface area contributed by atoms with Crippen molar-refractivity contribution >= 4 is 22.6 Å². The summed E-state index contributed by atoms with van der Waals surface area (Å²) in [4.78, 5) is 4.70. The molecule has 0 aromatic carbocycles. The molecule has 0 rings (SSSR count). The minimum Gasteiger partial charge on any atom is -0.292 e. The molecule has 9 heavy (non-hydrogen) atoms. The number of hydrogen-bond acceptors (Lipinski definition) is 3. The third kappa shape index (κ3) is 4.07. The van der Waals surface area contributed by atoms with Gasteiger partial charge in [-0.25, -0.2) is 0 Å². The lowest BCUT2D eigenvalue weighted by Crippen LogP contribution is -2.27. The normalized spacial score (nSPS) is 15.7. The average molecular weight is 245 g/mol. The van der Waals surface area contributed by atoms with Gasteiger partial charge in [0.2, 0.25) is 0 Å². The molecule has 0 radical (unpaired) electrons. The second kappa shape index (κ2) is 3.70. The Morgan fingerprint density at radius 1 is 1.56 bits per heavy atom. The highest BCUT2D eigenvalue weighted by Crippen LogP contribution is 2.26. The average Bonchev–Trinajstić information content (AvgIpc) is 1.64. The number of alkyl halides is 1. The summed E-state index contributed by atoms with van der Waals surface area (Å²) in [6.07, 6.45) is 0. The fraction of sp³-hybridized carbons (Fsp3) is 1.00. The van der Waals surface area contributed by atoms with E-state index in [0.717, 1.165) is 0 Å². The molecule has 0 bridgehead atoms. The fourth-order valence-corrected chi connectivity index (χ4v) is 0.337. The molecule has 0 aromatic heterocycles. The van der Waals surface area contributed by atoms with Crippen molar-refractivity contribution in [1.82, 2.24) is 5.64 Å². The summed E-state index contributed by atoms with van der Waals surface area (Å²) >= 11 is 2.10. The highest BCUT2D eigenvalue weighted by molar-refractivity contribution is 14.1. The van der Waals surface area contributed by atoms with Crippen LogP contribution in [0.4, 0.5) is 0 Å². The number of rotatable bonds is 2. The molecule has 0 aliphatic heterocycles. The zero-order chi connectivity index (χ0) is 7.49. The number of halogens is 1. The van der Waals surface area contributed by atoms with Crippen molar-refractivity contribution in [3.05, 3.63) is 0 Å². The summed E-state index contributed by atoms with van der Waals surface area (Å²) < 4.78 is -0.0277. The van der Waals surface area contributed by atoms with E-state index in [4.69, 9.17) is 10.0 Å². The van der Waals surface area contributed by atoms with Gasteiger partial charge < -0.3 is 0 Å². The molecule has 0 spiro atoms. The van der Waals surface area contributed by atoms with Crippen LogP contribution in [-0.2, 0) is 4.84 Å². The second-order valence-electron chi connectivity index (χ2n) is 2.89. The lowest BCUT2D eigenvalue weighted by molar-refractivity contribution is -0.152. The van der Waals surface area contributed by atoms with E-state index in [1.807, 2.05) is 20.8 Å². The van der Waals surface area contributed by atoms with E-state index in [1.54, 1.807) is 5.64 Å². The predicted molar refractivity (Wildman–Crippen MR) is 43.3 cm³/mol. The number of nitrogens with one attached hydrogen (secondary N) is 1. The molecule has 0 amide bonds. The van der Waals surface area contributed by atoms with Crippen LogP contribution in [0, 0.1) is 5.41 Å². The van der Waals surface area contributed by atoms with Gasteiger partial charge in [0.25, 0.3) is 0 Å². The molecule has 0 saturated carbocycles. The molecule has 0 aliphatic rings. The van der Waals surface area contributed by atoms with Gasteiger partial charge >= 0.3 is 0 Å². The monoisotopic (exact) mass is 245 g/mol. The standard InChI is InChI=1S/C5H12INO2/c1-5(2,3)4(6)9-7-8/h4,7-8H,1-3H3. The van der Waals surface area contributed by atoms with Gasteiger partial charge in [0.05, 0.1) is 0 Å². The summed E-state index contributed by atoms with van der Waals surface area (Å²) in [6.45, 7) is 6.09. The minimum atomic E-state index is -0.0277. The van der Waals surface area contributed by atoms with Crippen LogP contribution in [0.15, 0.2) is 0 Å². The first-order valence-electron chi connectivity index (χ1n) is 2.67. The molecular formula is C5H12INO2. The van der Waals surface area contributed by atoms with Crippen molar-refractivity contribution in [3.8, 4) is 0 Å². The van der Waals surface area contributed by atoms with E-state index in [0.29, 0.717) is 0 Å². The van der Waals surface area contributed by atoms with Crippen LogP contribution in [-0.4, -0.2) is 9.32 Å². The Balaban J connectivity index is 3.59. The highest BCUT2D eigenvalue weighted by atomic mass is 127. The van der Waals surface area contributed by atoms with Gasteiger partial charge in [-0.1, -0.05) is 26.4 Å². The van der Waals surface area contributed by atoms with E-state index < -0.39 is 0 Å². The SMILES string of the molecule is CC(C)(C)C(I)ONO. The maximum Gasteiger partial charge on any atom is 0.137 e. The summed E-state index contributed by atoms with van der Waals surface area (Å²) in [5.41, 5.74) is 1.72. The molecule has 3 nitrogen and oxygen atoms in total. The fourth-order valence-electron chi connectivity index (χ4n) is 0.223. The Bertz CT molecular complexity index is 81.5.